The normalized spacial score (nSPS) is 10.4. The fraction of sp³-hybridized carbons (Fsp3) is 0.188. The van der Waals surface area contributed by atoms with Crippen molar-refractivity contribution in [3.05, 3.63) is 58.3 Å². The van der Waals surface area contributed by atoms with Crippen LogP contribution in [0.1, 0.15) is 23.7 Å². The van der Waals surface area contributed by atoms with E-state index in [-0.39, 0.29) is 10.0 Å². The third-order valence-corrected chi connectivity index (χ3v) is 3.71. The minimum Gasteiger partial charge on any atom is -0.397 e. The largest absolute Gasteiger partial charge is 0.397 e. The van der Waals surface area contributed by atoms with Gasteiger partial charge in [0, 0.05) is 6.54 Å². The van der Waals surface area contributed by atoms with Crippen molar-refractivity contribution in [1.82, 2.24) is 0 Å². The molecule has 21 heavy (non-hydrogen) atoms. The fourth-order valence-electron chi connectivity index (χ4n) is 2.10. The Hall–Kier alpha value is -1.88. The molecule has 0 radical (unpaired) electrons. The van der Waals surface area contributed by atoms with Crippen LogP contribution < -0.4 is 10.6 Å². The van der Waals surface area contributed by atoms with Crippen LogP contribution in [0.4, 0.5) is 15.8 Å². The van der Waals surface area contributed by atoms with E-state index in [2.05, 4.69) is 15.9 Å². The van der Waals surface area contributed by atoms with Gasteiger partial charge in [-0.15, -0.1) is 0 Å². The molecule has 0 bridgehead atoms. The Morgan fingerprint density at radius 3 is 2.62 bits per heavy atom. The summed E-state index contributed by atoms with van der Waals surface area (Å²) in [6.07, 6.45) is 0.746. The van der Waals surface area contributed by atoms with Gasteiger partial charge in [0.15, 0.2) is 0 Å². The molecule has 0 unspecified atom stereocenters. The van der Waals surface area contributed by atoms with Gasteiger partial charge in [0.25, 0.3) is 5.91 Å². The van der Waals surface area contributed by atoms with Crippen LogP contribution in [0, 0.1) is 5.82 Å². The number of nitrogen functional groups attached to an aromatic ring is 1. The number of amides is 1. The van der Waals surface area contributed by atoms with E-state index in [1.54, 1.807) is 36.4 Å². The molecule has 0 saturated carbocycles. The SMILES string of the molecule is CCCN(C(=O)c1cccc(Br)c1F)c1ccccc1N. The van der Waals surface area contributed by atoms with E-state index in [9.17, 15) is 9.18 Å². The molecule has 0 spiro atoms. The number of carbonyl (C=O) groups excluding carboxylic acids is 1. The van der Waals surface area contributed by atoms with Crippen molar-refractivity contribution in [3.8, 4) is 0 Å². The van der Waals surface area contributed by atoms with Crippen molar-refractivity contribution >= 4 is 33.2 Å². The van der Waals surface area contributed by atoms with Crippen molar-refractivity contribution in [2.45, 2.75) is 13.3 Å². The molecule has 0 heterocycles. The average Bonchev–Trinajstić information content (AvgIpc) is 2.48. The summed E-state index contributed by atoms with van der Waals surface area (Å²) >= 11 is 3.10. The summed E-state index contributed by atoms with van der Waals surface area (Å²) in [6, 6.07) is 11.8. The first-order chi connectivity index (χ1) is 10.1. The van der Waals surface area contributed by atoms with Gasteiger partial charge in [-0.05, 0) is 46.6 Å². The summed E-state index contributed by atoms with van der Waals surface area (Å²) in [7, 11) is 0. The lowest BCUT2D eigenvalue weighted by atomic mass is 10.1. The molecule has 2 aromatic rings. The van der Waals surface area contributed by atoms with E-state index in [1.807, 2.05) is 6.92 Å². The minimum atomic E-state index is -0.557. The van der Waals surface area contributed by atoms with Gasteiger partial charge in [0.1, 0.15) is 5.82 Å². The number of nitrogens with two attached hydrogens (primary N) is 1. The maximum absolute atomic E-state index is 14.1. The second-order valence-corrected chi connectivity index (χ2v) is 5.47. The van der Waals surface area contributed by atoms with Crippen LogP contribution in [-0.2, 0) is 0 Å². The lowest BCUT2D eigenvalue weighted by Gasteiger charge is -2.24. The molecule has 0 fully saturated rings. The van der Waals surface area contributed by atoms with Gasteiger partial charge >= 0.3 is 0 Å². The number of para-hydroxylation sites is 2. The van der Waals surface area contributed by atoms with Crippen LogP contribution in [0.5, 0.6) is 0 Å². The molecule has 110 valence electrons. The molecular formula is C16H16BrFN2O. The molecular weight excluding hydrogens is 335 g/mol. The van der Waals surface area contributed by atoms with Crippen LogP contribution >= 0.6 is 15.9 Å². The number of hydrogen-bond donors (Lipinski definition) is 1. The highest BCUT2D eigenvalue weighted by Crippen LogP contribution is 2.26. The van der Waals surface area contributed by atoms with Crippen LogP contribution in [0.25, 0.3) is 0 Å². The Morgan fingerprint density at radius 1 is 1.24 bits per heavy atom. The molecule has 2 rings (SSSR count). The summed E-state index contributed by atoms with van der Waals surface area (Å²) in [5.41, 5.74) is 7.06. The van der Waals surface area contributed by atoms with E-state index in [0.717, 1.165) is 6.42 Å². The number of anilines is 2. The van der Waals surface area contributed by atoms with E-state index in [0.29, 0.717) is 17.9 Å². The highest BCUT2D eigenvalue weighted by Gasteiger charge is 2.22. The maximum Gasteiger partial charge on any atom is 0.261 e. The molecule has 5 heteroatoms. The summed E-state index contributed by atoms with van der Waals surface area (Å²) in [5, 5.41) is 0. The minimum absolute atomic E-state index is 0.0288. The first-order valence-corrected chi connectivity index (χ1v) is 7.46. The molecule has 3 nitrogen and oxygen atoms in total. The first kappa shape index (κ1) is 15.5. The third kappa shape index (κ3) is 3.24. The molecule has 2 aromatic carbocycles. The van der Waals surface area contributed by atoms with E-state index in [1.165, 1.54) is 11.0 Å². The van der Waals surface area contributed by atoms with Gasteiger partial charge < -0.3 is 10.6 Å². The quantitative estimate of drug-likeness (QED) is 0.838. The number of rotatable bonds is 4. The zero-order valence-electron chi connectivity index (χ0n) is 11.6. The van der Waals surface area contributed by atoms with Gasteiger partial charge in [-0.25, -0.2) is 4.39 Å². The Bertz CT molecular complexity index is 660. The van der Waals surface area contributed by atoms with E-state index < -0.39 is 11.7 Å². The second kappa shape index (κ2) is 6.72. The van der Waals surface area contributed by atoms with Crippen LogP contribution in [0.3, 0.4) is 0 Å². The van der Waals surface area contributed by atoms with Gasteiger partial charge in [-0.3, -0.25) is 4.79 Å². The molecule has 1 amide bonds. The predicted octanol–water partition coefficient (Wildman–Crippen LogP) is 4.23. The molecule has 0 aliphatic carbocycles. The predicted molar refractivity (Wildman–Crippen MR) is 86.9 cm³/mol. The molecule has 0 aliphatic heterocycles. The number of hydrogen-bond acceptors (Lipinski definition) is 2. The number of carbonyl (C=O) groups is 1. The summed E-state index contributed by atoms with van der Waals surface area (Å²) < 4.78 is 14.4. The summed E-state index contributed by atoms with van der Waals surface area (Å²) in [4.78, 5) is 14.2. The second-order valence-electron chi connectivity index (χ2n) is 4.62. The molecule has 0 aliphatic rings. The summed E-state index contributed by atoms with van der Waals surface area (Å²) in [6.45, 7) is 2.43. The van der Waals surface area contributed by atoms with Gasteiger partial charge in [0.2, 0.25) is 0 Å². The molecule has 0 aromatic heterocycles. The monoisotopic (exact) mass is 350 g/mol. The molecule has 0 atom stereocenters. The first-order valence-electron chi connectivity index (χ1n) is 6.66. The van der Waals surface area contributed by atoms with Crippen molar-refractivity contribution in [2.75, 3.05) is 17.2 Å². The molecule has 0 saturated heterocycles. The van der Waals surface area contributed by atoms with Crippen LogP contribution in [-0.4, -0.2) is 12.5 Å². The zero-order valence-corrected chi connectivity index (χ0v) is 13.2. The average molecular weight is 351 g/mol. The highest BCUT2D eigenvalue weighted by atomic mass is 79.9. The fourth-order valence-corrected chi connectivity index (χ4v) is 2.47. The standard InChI is InChI=1S/C16H16BrFN2O/c1-2-10-20(14-9-4-3-8-13(14)19)16(21)11-6-5-7-12(17)15(11)18/h3-9H,2,10,19H2,1H3. The van der Waals surface area contributed by atoms with E-state index in [4.69, 9.17) is 5.73 Å². The van der Waals surface area contributed by atoms with Crippen molar-refractivity contribution in [1.29, 1.82) is 0 Å². The Labute approximate surface area is 131 Å². The van der Waals surface area contributed by atoms with Gasteiger partial charge in [-0.2, -0.15) is 0 Å². The lowest BCUT2D eigenvalue weighted by Crippen LogP contribution is -2.33. The number of nitrogens with zero attached hydrogens (tertiary/aromatic N) is 1. The maximum atomic E-state index is 14.1. The smallest absolute Gasteiger partial charge is 0.261 e. The van der Waals surface area contributed by atoms with E-state index >= 15 is 0 Å². The van der Waals surface area contributed by atoms with Crippen LogP contribution in [0.15, 0.2) is 46.9 Å². The highest BCUT2D eigenvalue weighted by molar-refractivity contribution is 9.10. The van der Waals surface area contributed by atoms with Gasteiger partial charge in [0.05, 0.1) is 21.4 Å². The van der Waals surface area contributed by atoms with Crippen molar-refractivity contribution < 1.29 is 9.18 Å². The Balaban J connectivity index is 2.46. The molecule has 2 N–H and O–H groups in total. The zero-order chi connectivity index (χ0) is 15.4. The van der Waals surface area contributed by atoms with Crippen molar-refractivity contribution in [3.63, 3.8) is 0 Å². The summed E-state index contributed by atoms with van der Waals surface area (Å²) in [5.74, 6) is -0.952. The lowest BCUT2D eigenvalue weighted by molar-refractivity contribution is 0.0983. The van der Waals surface area contributed by atoms with Crippen molar-refractivity contribution in [2.24, 2.45) is 0 Å². The topological polar surface area (TPSA) is 46.3 Å². The van der Waals surface area contributed by atoms with Gasteiger partial charge in [-0.1, -0.05) is 25.1 Å². The number of halogens is 2. The Kier molecular flexibility index (Phi) is 4.96. The third-order valence-electron chi connectivity index (χ3n) is 3.10. The van der Waals surface area contributed by atoms with Crippen LogP contribution in [0.2, 0.25) is 0 Å². The number of benzene rings is 2. The Morgan fingerprint density at radius 2 is 1.95 bits per heavy atom.